The Labute approximate surface area is 199 Å². The second-order valence-electron chi connectivity index (χ2n) is 11.1. The van der Waals surface area contributed by atoms with Crippen LogP contribution < -0.4 is 0 Å². The maximum absolute atomic E-state index is 13.1. The van der Waals surface area contributed by atoms with Crippen molar-refractivity contribution < 1.29 is 39.2 Å². The Balaban J connectivity index is 1.72. The van der Waals surface area contributed by atoms with E-state index in [2.05, 4.69) is 13.8 Å². The number of carbonyl (C=O) groups excluding carboxylic acids is 3. The fraction of sp³-hybridized carbons (Fsp3) is 0.692. The van der Waals surface area contributed by atoms with Crippen LogP contribution in [0.2, 0.25) is 0 Å². The Morgan fingerprint density at radius 2 is 1.91 bits per heavy atom. The van der Waals surface area contributed by atoms with Gasteiger partial charge in [-0.25, -0.2) is 0 Å². The van der Waals surface area contributed by atoms with E-state index in [9.17, 15) is 29.4 Å². The summed E-state index contributed by atoms with van der Waals surface area (Å²) in [6, 6.07) is 0. The van der Waals surface area contributed by atoms with Gasteiger partial charge in [-0.15, -0.1) is 0 Å². The van der Waals surface area contributed by atoms with Gasteiger partial charge in [0.2, 0.25) is 5.78 Å². The molecule has 3 fully saturated rings. The Bertz CT molecular complexity index is 981. The van der Waals surface area contributed by atoms with Gasteiger partial charge in [-0.1, -0.05) is 32.4 Å². The van der Waals surface area contributed by atoms with Crippen molar-refractivity contribution >= 4 is 23.5 Å². The summed E-state index contributed by atoms with van der Waals surface area (Å²) in [5.41, 5.74) is -1.97. The van der Waals surface area contributed by atoms with Crippen LogP contribution in [0.25, 0.3) is 0 Å². The first kappa shape index (κ1) is 24.8. The highest BCUT2D eigenvalue weighted by atomic mass is 16.6. The van der Waals surface area contributed by atoms with E-state index < -0.39 is 53.3 Å². The molecule has 0 aromatic rings. The highest BCUT2D eigenvalue weighted by molar-refractivity contribution is 6.01. The number of ketones is 2. The second-order valence-corrected chi connectivity index (χ2v) is 11.1. The molecule has 8 nitrogen and oxygen atoms in total. The molecule has 0 aromatic heterocycles. The molecule has 0 spiro atoms. The van der Waals surface area contributed by atoms with E-state index in [1.54, 1.807) is 12.2 Å². The fourth-order valence-electron chi connectivity index (χ4n) is 8.00. The molecule has 186 valence electrons. The number of carboxylic acid groups (broad SMARTS) is 1. The molecule has 0 bridgehead atoms. The molecule has 3 N–H and O–H groups in total. The number of allylic oxidation sites excluding steroid dienone is 4. The van der Waals surface area contributed by atoms with Gasteiger partial charge in [0, 0.05) is 16.7 Å². The van der Waals surface area contributed by atoms with Gasteiger partial charge in [0.15, 0.2) is 11.4 Å². The van der Waals surface area contributed by atoms with E-state index >= 15 is 0 Å². The van der Waals surface area contributed by atoms with E-state index in [0.717, 1.165) is 12.0 Å². The quantitative estimate of drug-likeness (QED) is 0.498. The first-order chi connectivity index (χ1) is 15.9. The van der Waals surface area contributed by atoms with E-state index in [-0.39, 0.29) is 48.7 Å². The van der Waals surface area contributed by atoms with Crippen LogP contribution in [-0.2, 0) is 23.9 Å². The van der Waals surface area contributed by atoms with Crippen molar-refractivity contribution in [1.29, 1.82) is 0 Å². The molecule has 34 heavy (non-hydrogen) atoms. The van der Waals surface area contributed by atoms with Gasteiger partial charge in [-0.05, 0) is 55.6 Å². The van der Waals surface area contributed by atoms with Gasteiger partial charge in [0.25, 0.3) is 0 Å². The summed E-state index contributed by atoms with van der Waals surface area (Å²) >= 11 is 0. The van der Waals surface area contributed by atoms with Crippen LogP contribution in [0.3, 0.4) is 0 Å². The topological polar surface area (TPSA) is 138 Å². The summed E-state index contributed by atoms with van der Waals surface area (Å²) in [6.07, 6.45) is 5.34. The SMILES string of the molecule is C[C@@H]1C[C@@H]2C([C@@H](O)C[C@@]3(C)[C@@H]2CCC3(OC(=O)CCC(=O)O)C(=O)CO)[C@@]2(C)C=CC(=O)C=C12. The highest BCUT2D eigenvalue weighted by Gasteiger charge is 2.70. The van der Waals surface area contributed by atoms with Gasteiger partial charge < -0.3 is 20.1 Å². The normalized spacial score (nSPS) is 42.8. The molecule has 0 amide bonds. The van der Waals surface area contributed by atoms with E-state index in [4.69, 9.17) is 9.84 Å². The average molecular weight is 475 g/mol. The third kappa shape index (κ3) is 3.49. The molecule has 8 heteroatoms. The summed E-state index contributed by atoms with van der Waals surface area (Å²) < 4.78 is 5.78. The minimum Gasteiger partial charge on any atom is -0.481 e. The zero-order valence-electron chi connectivity index (χ0n) is 20.0. The number of aliphatic carboxylic acids is 1. The van der Waals surface area contributed by atoms with Crippen molar-refractivity contribution in [2.24, 2.45) is 34.5 Å². The Kier molecular flexibility index (Phi) is 6.13. The molecular weight excluding hydrogens is 440 g/mol. The predicted octanol–water partition coefficient (Wildman–Crippen LogP) is 2.22. The monoisotopic (exact) mass is 474 g/mol. The number of esters is 1. The smallest absolute Gasteiger partial charge is 0.307 e. The number of aliphatic hydroxyl groups is 2. The lowest BCUT2D eigenvalue weighted by Crippen LogP contribution is -2.63. The second kappa shape index (κ2) is 8.41. The Hall–Kier alpha value is -2.32. The summed E-state index contributed by atoms with van der Waals surface area (Å²) in [4.78, 5) is 48.8. The zero-order chi connectivity index (χ0) is 25.1. The number of Topliss-reactive ketones (excluding diaryl/α,β-unsaturated/α-hetero) is 1. The van der Waals surface area contributed by atoms with Crippen LogP contribution >= 0.6 is 0 Å². The van der Waals surface area contributed by atoms with Crippen molar-refractivity contribution in [2.45, 2.75) is 71.0 Å². The first-order valence-corrected chi connectivity index (χ1v) is 12.1. The van der Waals surface area contributed by atoms with Crippen LogP contribution in [0.15, 0.2) is 23.8 Å². The molecular formula is C26H34O8. The zero-order valence-corrected chi connectivity index (χ0v) is 20.0. The maximum atomic E-state index is 13.1. The number of hydrogen-bond donors (Lipinski definition) is 3. The molecule has 0 aliphatic heterocycles. The number of fused-ring (bicyclic) bond motifs is 5. The number of hydrogen-bond acceptors (Lipinski definition) is 7. The Morgan fingerprint density at radius 3 is 2.56 bits per heavy atom. The molecule has 3 saturated carbocycles. The third-order valence-electron chi connectivity index (χ3n) is 9.36. The Morgan fingerprint density at radius 1 is 1.21 bits per heavy atom. The molecule has 4 aliphatic carbocycles. The van der Waals surface area contributed by atoms with Gasteiger partial charge in [0.1, 0.15) is 6.61 Å². The lowest BCUT2D eigenvalue weighted by molar-refractivity contribution is -0.201. The molecule has 0 saturated heterocycles. The van der Waals surface area contributed by atoms with Crippen LogP contribution in [-0.4, -0.2) is 57.1 Å². The minimum atomic E-state index is -1.60. The third-order valence-corrected chi connectivity index (χ3v) is 9.36. The van der Waals surface area contributed by atoms with Crippen LogP contribution in [0.4, 0.5) is 0 Å². The van der Waals surface area contributed by atoms with Gasteiger partial charge >= 0.3 is 11.9 Å². The lowest BCUT2D eigenvalue weighted by atomic mass is 9.44. The summed E-state index contributed by atoms with van der Waals surface area (Å²) in [6.45, 7) is 5.21. The standard InChI is InChI=1S/C26H34O8/c1-14-10-16-17-7-9-26(20(30)13-27,34-22(33)5-4-21(31)32)25(17,3)12-19(29)23(16)24(2)8-6-15(28)11-18(14)24/h6,8,11,14,16-17,19,23,27,29H,4-5,7,9-10,12-13H2,1-3H3,(H,31,32)/t14-,16+,17-,19+,23?,24+,25+,26?/m1/s1. The highest BCUT2D eigenvalue weighted by Crippen LogP contribution is 2.68. The van der Waals surface area contributed by atoms with Gasteiger partial charge in [0.05, 0.1) is 18.9 Å². The van der Waals surface area contributed by atoms with Crippen molar-refractivity contribution in [3.63, 3.8) is 0 Å². The number of aliphatic hydroxyl groups excluding tert-OH is 2. The van der Waals surface area contributed by atoms with Crippen LogP contribution in [0.5, 0.6) is 0 Å². The molecule has 0 radical (unpaired) electrons. The lowest BCUT2D eigenvalue weighted by Gasteiger charge is -2.61. The summed E-state index contributed by atoms with van der Waals surface area (Å²) in [5.74, 6) is -2.65. The van der Waals surface area contributed by atoms with E-state index in [0.29, 0.717) is 6.42 Å². The van der Waals surface area contributed by atoms with Crippen molar-refractivity contribution in [3.05, 3.63) is 23.8 Å². The van der Waals surface area contributed by atoms with Crippen molar-refractivity contribution in [2.75, 3.05) is 6.61 Å². The molecule has 0 heterocycles. The molecule has 4 aliphatic rings. The predicted molar refractivity (Wildman–Crippen MR) is 120 cm³/mol. The molecule has 4 rings (SSSR count). The fourth-order valence-corrected chi connectivity index (χ4v) is 8.00. The van der Waals surface area contributed by atoms with Gasteiger partial charge in [-0.3, -0.25) is 19.2 Å². The van der Waals surface area contributed by atoms with E-state index in [1.165, 1.54) is 0 Å². The first-order valence-electron chi connectivity index (χ1n) is 12.1. The number of carboxylic acids is 1. The van der Waals surface area contributed by atoms with Gasteiger partial charge in [-0.2, -0.15) is 0 Å². The largest absolute Gasteiger partial charge is 0.481 e. The average Bonchev–Trinajstić information content (AvgIpc) is 3.05. The maximum Gasteiger partial charge on any atom is 0.307 e. The molecule has 8 atom stereocenters. The van der Waals surface area contributed by atoms with Crippen molar-refractivity contribution in [3.8, 4) is 0 Å². The molecule has 2 unspecified atom stereocenters. The number of rotatable bonds is 6. The number of carbonyl (C=O) groups is 4. The number of ether oxygens (including phenoxy) is 1. The minimum absolute atomic E-state index is 0.0230. The molecule has 0 aromatic carbocycles. The van der Waals surface area contributed by atoms with Crippen LogP contribution in [0.1, 0.15) is 59.3 Å². The van der Waals surface area contributed by atoms with Crippen LogP contribution in [0, 0.1) is 34.5 Å². The van der Waals surface area contributed by atoms with E-state index in [1.807, 2.05) is 13.0 Å². The summed E-state index contributed by atoms with van der Waals surface area (Å²) in [5, 5.41) is 30.3. The summed E-state index contributed by atoms with van der Waals surface area (Å²) in [7, 11) is 0. The van der Waals surface area contributed by atoms with Crippen molar-refractivity contribution in [1.82, 2.24) is 0 Å².